The van der Waals surface area contributed by atoms with Crippen LogP contribution >= 0.6 is 0 Å². The van der Waals surface area contributed by atoms with Crippen molar-refractivity contribution in [3.8, 4) is 0 Å². The van der Waals surface area contributed by atoms with Crippen molar-refractivity contribution in [3.05, 3.63) is 82.7 Å². The minimum Gasteiger partial charge on any atom is -0.390 e. The molecule has 152 valence electrons. The summed E-state index contributed by atoms with van der Waals surface area (Å²) in [6, 6.07) is 14.6. The Labute approximate surface area is 172 Å². The zero-order valence-corrected chi connectivity index (χ0v) is 17.6. The van der Waals surface area contributed by atoms with Crippen LogP contribution in [0.4, 0.5) is 0 Å². The Morgan fingerprint density at radius 2 is 1.76 bits per heavy atom. The van der Waals surface area contributed by atoms with Gasteiger partial charge in [-0.05, 0) is 55.2 Å². The fourth-order valence-corrected chi connectivity index (χ4v) is 5.53. The highest BCUT2D eigenvalue weighted by atomic mass is 32.2. The number of aliphatic hydroxyl groups is 1. The van der Waals surface area contributed by atoms with Crippen LogP contribution in [0, 0.1) is 6.92 Å². The van der Waals surface area contributed by atoms with E-state index in [0.717, 1.165) is 41.6 Å². The van der Waals surface area contributed by atoms with Crippen LogP contribution in [0.3, 0.4) is 0 Å². The first-order valence-corrected chi connectivity index (χ1v) is 11.4. The van der Waals surface area contributed by atoms with E-state index in [0.29, 0.717) is 5.70 Å². The molecule has 4 rings (SSSR count). The molecule has 2 heterocycles. The quantitative estimate of drug-likeness (QED) is 0.768. The van der Waals surface area contributed by atoms with Crippen LogP contribution in [0.5, 0.6) is 0 Å². The second-order valence-corrected chi connectivity index (χ2v) is 9.30. The molecule has 0 amide bonds. The topological polar surface area (TPSA) is 60.9 Å². The molecular weight excluding hydrogens is 384 g/mol. The fraction of sp³-hybridized carbons (Fsp3) is 0.304. The Balaban J connectivity index is 1.85. The highest BCUT2D eigenvalue weighted by molar-refractivity contribution is 7.89. The highest BCUT2D eigenvalue weighted by Gasteiger charge is 2.43. The molecule has 29 heavy (non-hydrogen) atoms. The molecule has 6 heteroatoms. The molecule has 0 spiro atoms. The van der Waals surface area contributed by atoms with Gasteiger partial charge in [0.15, 0.2) is 0 Å². The molecule has 1 N–H and O–H groups in total. The predicted octanol–water partition coefficient (Wildman–Crippen LogP) is 4.38. The van der Waals surface area contributed by atoms with Gasteiger partial charge >= 0.3 is 0 Å². The normalized spacial score (nSPS) is 18.2. The number of hydrazine groups is 1. The molecule has 2 aromatic carbocycles. The minimum atomic E-state index is -3.86. The number of sulfonamides is 1. The molecule has 0 radical (unpaired) electrons. The van der Waals surface area contributed by atoms with E-state index < -0.39 is 10.0 Å². The molecule has 0 fully saturated rings. The summed E-state index contributed by atoms with van der Waals surface area (Å²) in [5.74, 6) is 0. The molecule has 0 aromatic heterocycles. The maximum Gasteiger partial charge on any atom is 0.281 e. The average molecular weight is 411 g/mol. The van der Waals surface area contributed by atoms with Gasteiger partial charge < -0.3 is 5.11 Å². The standard InChI is InChI=1S/C23H26N2O3S/c1-3-4-8-19-14-18-7-5-6-9-22(18)23-15-20(16-26)25(24(19)23)29(27,28)21-12-10-17(2)11-13-21/h5-7,9-15,23,26H,3-4,8,16H2,1-2H3. The number of aryl methyl sites for hydroxylation is 1. The third-order valence-corrected chi connectivity index (χ3v) is 7.21. The number of unbranched alkanes of at least 4 members (excludes halogenated alkanes) is 1. The first-order valence-electron chi connectivity index (χ1n) is 9.99. The van der Waals surface area contributed by atoms with E-state index in [1.54, 1.807) is 24.3 Å². The average Bonchev–Trinajstić information content (AvgIpc) is 3.13. The zero-order chi connectivity index (χ0) is 20.6. The first kappa shape index (κ1) is 19.7. The van der Waals surface area contributed by atoms with Crippen LogP contribution in [-0.2, 0) is 10.0 Å². The summed E-state index contributed by atoms with van der Waals surface area (Å²) in [6.45, 7) is 3.70. The molecule has 2 aliphatic heterocycles. The third kappa shape index (κ3) is 3.36. The second kappa shape index (κ2) is 7.69. The number of rotatable bonds is 6. The maximum absolute atomic E-state index is 13.6. The van der Waals surface area contributed by atoms with Gasteiger partial charge in [0.1, 0.15) is 0 Å². The SMILES string of the molecule is CCCCC1=Cc2ccccc2C2C=C(CO)N(S(=O)(=O)c3ccc(C)cc3)N12. The van der Waals surface area contributed by atoms with Crippen molar-refractivity contribution in [2.24, 2.45) is 0 Å². The molecule has 5 nitrogen and oxygen atoms in total. The molecule has 0 bridgehead atoms. The molecule has 0 saturated carbocycles. The minimum absolute atomic E-state index is 0.219. The Morgan fingerprint density at radius 3 is 2.45 bits per heavy atom. The van der Waals surface area contributed by atoms with E-state index in [1.165, 1.54) is 4.41 Å². The summed E-state index contributed by atoms with van der Waals surface area (Å²) in [5.41, 5.74) is 4.47. The molecule has 2 aliphatic rings. The molecule has 0 saturated heterocycles. The van der Waals surface area contributed by atoms with E-state index in [-0.39, 0.29) is 17.5 Å². The van der Waals surface area contributed by atoms with Crippen molar-refractivity contribution in [1.29, 1.82) is 0 Å². The van der Waals surface area contributed by atoms with E-state index >= 15 is 0 Å². The highest BCUT2D eigenvalue weighted by Crippen LogP contribution is 2.45. The molecular formula is C23H26N2O3S. The maximum atomic E-state index is 13.6. The molecule has 1 atom stereocenters. The van der Waals surface area contributed by atoms with E-state index in [4.69, 9.17) is 0 Å². The summed E-state index contributed by atoms with van der Waals surface area (Å²) in [5, 5.41) is 11.9. The van der Waals surface area contributed by atoms with Crippen LogP contribution in [0.15, 0.2) is 70.9 Å². The lowest BCUT2D eigenvalue weighted by Crippen LogP contribution is -2.44. The van der Waals surface area contributed by atoms with Crippen LogP contribution in [0.1, 0.15) is 48.9 Å². The number of benzene rings is 2. The van der Waals surface area contributed by atoms with E-state index in [1.807, 2.05) is 36.2 Å². The van der Waals surface area contributed by atoms with Gasteiger partial charge in [-0.1, -0.05) is 55.3 Å². The largest absolute Gasteiger partial charge is 0.390 e. The smallest absolute Gasteiger partial charge is 0.281 e. The lowest BCUT2D eigenvalue weighted by atomic mass is 9.94. The Bertz CT molecular complexity index is 1070. The van der Waals surface area contributed by atoms with Crippen molar-refractivity contribution >= 4 is 16.1 Å². The van der Waals surface area contributed by atoms with Crippen molar-refractivity contribution in [3.63, 3.8) is 0 Å². The number of hydrogen-bond acceptors (Lipinski definition) is 4. The molecule has 1 unspecified atom stereocenters. The predicted molar refractivity (Wildman–Crippen MR) is 114 cm³/mol. The van der Waals surface area contributed by atoms with Gasteiger partial charge in [-0.15, -0.1) is 0 Å². The Morgan fingerprint density at radius 1 is 1.03 bits per heavy atom. The number of hydrogen-bond donors (Lipinski definition) is 1. The van der Waals surface area contributed by atoms with Gasteiger partial charge in [0, 0.05) is 5.70 Å². The first-order chi connectivity index (χ1) is 14.0. The molecule has 0 aliphatic carbocycles. The van der Waals surface area contributed by atoms with Gasteiger partial charge in [-0.25, -0.2) is 0 Å². The Kier molecular flexibility index (Phi) is 5.23. The number of aliphatic hydroxyl groups excluding tert-OH is 1. The van der Waals surface area contributed by atoms with Crippen molar-refractivity contribution in [2.75, 3.05) is 6.61 Å². The number of allylic oxidation sites excluding steroid dienone is 1. The van der Waals surface area contributed by atoms with Gasteiger partial charge in [0.2, 0.25) is 0 Å². The molecule has 2 aromatic rings. The van der Waals surface area contributed by atoms with Crippen LogP contribution < -0.4 is 0 Å². The second-order valence-electron chi connectivity index (χ2n) is 7.53. The Hall–Kier alpha value is -2.57. The monoisotopic (exact) mass is 410 g/mol. The lowest BCUT2D eigenvalue weighted by Gasteiger charge is -2.40. The summed E-state index contributed by atoms with van der Waals surface area (Å²) in [6.07, 6.45) is 6.69. The van der Waals surface area contributed by atoms with Crippen molar-refractivity contribution in [2.45, 2.75) is 44.0 Å². The summed E-state index contributed by atoms with van der Waals surface area (Å²) in [4.78, 5) is 0.219. The zero-order valence-electron chi connectivity index (χ0n) is 16.7. The van der Waals surface area contributed by atoms with Gasteiger partial charge in [-0.3, -0.25) is 5.01 Å². The van der Waals surface area contributed by atoms with Crippen LogP contribution in [-0.4, -0.2) is 29.6 Å². The fourth-order valence-electron chi connectivity index (χ4n) is 3.98. The van der Waals surface area contributed by atoms with Crippen molar-refractivity contribution in [1.82, 2.24) is 9.42 Å². The van der Waals surface area contributed by atoms with Gasteiger partial charge in [0.25, 0.3) is 10.0 Å². The van der Waals surface area contributed by atoms with Gasteiger partial charge in [-0.2, -0.15) is 12.8 Å². The number of fused-ring (bicyclic) bond motifs is 3. The summed E-state index contributed by atoms with van der Waals surface area (Å²) in [7, 11) is -3.86. The summed E-state index contributed by atoms with van der Waals surface area (Å²) >= 11 is 0. The summed E-state index contributed by atoms with van der Waals surface area (Å²) < 4.78 is 28.5. The third-order valence-electron chi connectivity index (χ3n) is 5.48. The number of nitrogens with zero attached hydrogens (tertiary/aromatic N) is 2. The van der Waals surface area contributed by atoms with E-state index in [2.05, 4.69) is 19.1 Å². The van der Waals surface area contributed by atoms with Gasteiger partial charge in [0.05, 0.1) is 23.2 Å². The lowest BCUT2D eigenvalue weighted by molar-refractivity contribution is 0.112. The van der Waals surface area contributed by atoms with Crippen molar-refractivity contribution < 1.29 is 13.5 Å². The van der Waals surface area contributed by atoms with Crippen LogP contribution in [0.2, 0.25) is 0 Å². The van der Waals surface area contributed by atoms with E-state index in [9.17, 15) is 13.5 Å². The van der Waals surface area contributed by atoms with Crippen LogP contribution in [0.25, 0.3) is 6.08 Å².